The molecule has 1 aliphatic heterocycles. The molecule has 0 bridgehead atoms. The second-order valence-electron chi connectivity index (χ2n) is 7.00. The van der Waals surface area contributed by atoms with E-state index in [0.29, 0.717) is 5.56 Å². The molecular formula is C21H18O10. The van der Waals surface area contributed by atoms with Crippen LogP contribution in [0.15, 0.2) is 57.7 Å². The third-order valence-corrected chi connectivity index (χ3v) is 4.88. The first kappa shape index (κ1) is 21.0. The Morgan fingerprint density at radius 3 is 2.35 bits per heavy atom. The second-order valence-corrected chi connectivity index (χ2v) is 7.00. The number of aliphatic hydroxyl groups is 4. The molecule has 2 heterocycles. The van der Waals surface area contributed by atoms with Gasteiger partial charge in [-0.2, -0.15) is 0 Å². The minimum absolute atomic E-state index is 0.0604. The number of aliphatic hydroxyl groups excluding tert-OH is 4. The van der Waals surface area contributed by atoms with E-state index in [1.165, 1.54) is 12.1 Å². The van der Waals surface area contributed by atoms with E-state index in [-0.39, 0.29) is 22.5 Å². The number of hydrogen-bond acceptors (Lipinski definition) is 10. The summed E-state index contributed by atoms with van der Waals surface area (Å²) in [6.45, 7) is 0. The number of rotatable bonds is 3. The monoisotopic (exact) mass is 430 g/mol. The molecule has 162 valence electrons. The molecule has 3 aromatic rings. The molecule has 31 heavy (non-hydrogen) atoms. The SMILES string of the molecule is O=C(Oc1cc(O)c2c(=O)cc(-c3ccccc3)oc2c1)C1OC(O)C(O)C(O)C1O. The number of carbonyl (C=O) groups is 1. The Bertz CT molecular complexity index is 1170. The molecule has 1 fully saturated rings. The van der Waals surface area contributed by atoms with E-state index in [2.05, 4.69) is 0 Å². The van der Waals surface area contributed by atoms with Gasteiger partial charge >= 0.3 is 5.97 Å². The lowest BCUT2D eigenvalue weighted by atomic mass is 9.99. The minimum Gasteiger partial charge on any atom is -0.507 e. The summed E-state index contributed by atoms with van der Waals surface area (Å²) >= 11 is 0. The van der Waals surface area contributed by atoms with Crippen molar-refractivity contribution in [1.29, 1.82) is 0 Å². The van der Waals surface area contributed by atoms with Crippen molar-refractivity contribution in [3.63, 3.8) is 0 Å². The van der Waals surface area contributed by atoms with E-state index in [1.807, 2.05) is 0 Å². The summed E-state index contributed by atoms with van der Waals surface area (Å²) in [7, 11) is 0. The third-order valence-electron chi connectivity index (χ3n) is 4.88. The van der Waals surface area contributed by atoms with E-state index in [4.69, 9.17) is 13.9 Å². The molecule has 10 nitrogen and oxygen atoms in total. The van der Waals surface area contributed by atoms with Crippen molar-refractivity contribution < 1.29 is 44.2 Å². The third kappa shape index (κ3) is 3.90. The van der Waals surface area contributed by atoms with Crippen LogP contribution in [0.2, 0.25) is 0 Å². The normalized spacial score (nSPS) is 26.0. The quantitative estimate of drug-likeness (QED) is 0.279. The first-order valence-corrected chi connectivity index (χ1v) is 9.22. The van der Waals surface area contributed by atoms with Gasteiger partial charge in [-0.05, 0) is 0 Å². The van der Waals surface area contributed by atoms with E-state index in [0.717, 1.165) is 6.07 Å². The number of hydrogen-bond donors (Lipinski definition) is 5. The van der Waals surface area contributed by atoms with Gasteiger partial charge in [0.1, 0.15) is 46.5 Å². The predicted molar refractivity (Wildman–Crippen MR) is 104 cm³/mol. The van der Waals surface area contributed by atoms with Crippen molar-refractivity contribution >= 4 is 16.9 Å². The maximum Gasteiger partial charge on any atom is 0.343 e. The zero-order valence-corrected chi connectivity index (χ0v) is 15.8. The smallest absolute Gasteiger partial charge is 0.343 e. The molecule has 5 unspecified atom stereocenters. The van der Waals surface area contributed by atoms with Crippen LogP contribution < -0.4 is 10.2 Å². The zero-order chi connectivity index (χ0) is 22.3. The summed E-state index contributed by atoms with van der Waals surface area (Å²) < 4.78 is 15.6. The van der Waals surface area contributed by atoms with Crippen molar-refractivity contribution in [3.05, 3.63) is 58.8 Å². The van der Waals surface area contributed by atoms with Gasteiger partial charge in [0.2, 0.25) is 0 Å². The standard InChI is InChI=1S/C21H18O10/c22-11-6-10(29-21(28)19-17(25)16(24)18(26)20(27)31-19)7-14-15(11)12(23)8-13(30-14)9-4-2-1-3-5-9/h1-8,16-20,22,24-27H. The number of phenolic OH excluding ortho intramolecular Hbond substituents is 1. The van der Waals surface area contributed by atoms with Crippen LogP contribution in [0.3, 0.4) is 0 Å². The molecule has 1 aliphatic rings. The number of fused-ring (bicyclic) bond motifs is 1. The summed E-state index contributed by atoms with van der Waals surface area (Å²) in [6, 6.07) is 12.2. The first-order valence-electron chi connectivity index (χ1n) is 9.22. The average Bonchev–Trinajstić information content (AvgIpc) is 2.74. The fourth-order valence-electron chi connectivity index (χ4n) is 3.28. The van der Waals surface area contributed by atoms with Gasteiger partial charge in [-0.15, -0.1) is 0 Å². The van der Waals surface area contributed by atoms with Crippen LogP contribution in [0.1, 0.15) is 0 Å². The molecular weight excluding hydrogens is 412 g/mol. The van der Waals surface area contributed by atoms with Crippen molar-refractivity contribution in [1.82, 2.24) is 0 Å². The van der Waals surface area contributed by atoms with Gasteiger partial charge in [0, 0.05) is 23.8 Å². The Hall–Kier alpha value is -3.28. The van der Waals surface area contributed by atoms with Crippen molar-refractivity contribution in [2.24, 2.45) is 0 Å². The summed E-state index contributed by atoms with van der Waals surface area (Å²) in [6.07, 6.45) is -9.27. The predicted octanol–water partition coefficient (Wildman–Crippen LogP) is -0.129. The van der Waals surface area contributed by atoms with Gasteiger partial charge in [-0.3, -0.25) is 4.79 Å². The fourth-order valence-corrected chi connectivity index (χ4v) is 3.28. The minimum atomic E-state index is -1.92. The summed E-state index contributed by atoms with van der Waals surface area (Å²) in [5.41, 5.74) is 0.0418. The maximum atomic E-state index is 12.5. The summed E-state index contributed by atoms with van der Waals surface area (Å²) in [5.74, 6) is -1.73. The number of esters is 1. The lowest BCUT2D eigenvalue weighted by Crippen LogP contribution is -2.60. The Kier molecular flexibility index (Phi) is 5.48. The van der Waals surface area contributed by atoms with Gasteiger partial charge in [0.15, 0.2) is 17.8 Å². The molecule has 10 heteroatoms. The fraction of sp³-hybridized carbons (Fsp3) is 0.238. The molecule has 0 radical (unpaired) electrons. The molecule has 1 saturated heterocycles. The molecule has 0 spiro atoms. The highest BCUT2D eigenvalue weighted by molar-refractivity contribution is 5.87. The van der Waals surface area contributed by atoms with Crippen molar-refractivity contribution in [2.75, 3.05) is 0 Å². The van der Waals surface area contributed by atoms with Crippen LogP contribution in [0.25, 0.3) is 22.3 Å². The lowest BCUT2D eigenvalue weighted by Gasteiger charge is -2.36. The largest absolute Gasteiger partial charge is 0.507 e. The molecule has 0 aliphatic carbocycles. The summed E-state index contributed by atoms with van der Waals surface area (Å²) in [4.78, 5) is 24.9. The molecule has 4 rings (SSSR count). The molecule has 5 atom stereocenters. The number of ether oxygens (including phenoxy) is 2. The molecule has 5 N–H and O–H groups in total. The Morgan fingerprint density at radius 1 is 0.935 bits per heavy atom. The van der Waals surface area contributed by atoms with Crippen LogP contribution in [-0.2, 0) is 9.53 Å². The highest BCUT2D eigenvalue weighted by Crippen LogP contribution is 2.32. The van der Waals surface area contributed by atoms with Crippen molar-refractivity contribution in [3.8, 4) is 22.8 Å². The number of aromatic hydroxyl groups is 1. The Labute approximate surface area is 174 Å². The first-order chi connectivity index (χ1) is 14.8. The second kappa shape index (κ2) is 8.10. The van der Waals surface area contributed by atoms with E-state index >= 15 is 0 Å². The molecule has 0 saturated carbocycles. The van der Waals surface area contributed by atoms with Crippen LogP contribution in [-0.4, -0.2) is 62.2 Å². The number of benzene rings is 2. The van der Waals surface area contributed by atoms with Crippen LogP contribution >= 0.6 is 0 Å². The number of phenols is 1. The lowest BCUT2D eigenvalue weighted by molar-refractivity contribution is -0.279. The van der Waals surface area contributed by atoms with E-state index < -0.39 is 47.9 Å². The van der Waals surface area contributed by atoms with Crippen LogP contribution in [0, 0.1) is 0 Å². The van der Waals surface area contributed by atoms with Gasteiger partial charge in [-0.1, -0.05) is 30.3 Å². The van der Waals surface area contributed by atoms with E-state index in [1.54, 1.807) is 30.3 Å². The van der Waals surface area contributed by atoms with Crippen LogP contribution in [0.5, 0.6) is 11.5 Å². The average molecular weight is 430 g/mol. The van der Waals surface area contributed by atoms with Gasteiger partial charge in [0.25, 0.3) is 0 Å². The van der Waals surface area contributed by atoms with Gasteiger partial charge < -0.3 is 39.4 Å². The van der Waals surface area contributed by atoms with Crippen molar-refractivity contribution in [2.45, 2.75) is 30.7 Å². The number of carbonyl (C=O) groups excluding carboxylic acids is 1. The van der Waals surface area contributed by atoms with E-state index in [9.17, 15) is 35.1 Å². The molecule has 1 aromatic heterocycles. The van der Waals surface area contributed by atoms with Gasteiger partial charge in [-0.25, -0.2) is 4.79 Å². The van der Waals surface area contributed by atoms with Crippen LogP contribution in [0.4, 0.5) is 0 Å². The Balaban J connectivity index is 1.67. The van der Waals surface area contributed by atoms with Gasteiger partial charge in [0.05, 0.1) is 0 Å². The molecule has 0 amide bonds. The zero-order valence-electron chi connectivity index (χ0n) is 15.8. The molecule has 2 aromatic carbocycles. The maximum absolute atomic E-state index is 12.5. The summed E-state index contributed by atoms with van der Waals surface area (Å²) in [5, 5.41) is 48.8. The topological polar surface area (TPSA) is 167 Å². The Morgan fingerprint density at radius 2 is 1.65 bits per heavy atom. The highest BCUT2D eigenvalue weighted by atomic mass is 16.7. The highest BCUT2D eigenvalue weighted by Gasteiger charge is 2.47.